The van der Waals surface area contributed by atoms with E-state index in [0.717, 1.165) is 30.6 Å². The molecule has 0 radical (unpaired) electrons. The molecule has 1 aliphatic carbocycles. The highest BCUT2D eigenvalue weighted by Crippen LogP contribution is 2.35. The van der Waals surface area contributed by atoms with E-state index < -0.39 is 6.04 Å². The van der Waals surface area contributed by atoms with Gasteiger partial charge in [-0.05, 0) is 54.6 Å². The van der Waals surface area contributed by atoms with Crippen LogP contribution in [0.4, 0.5) is 0 Å². The van der Waals surface area contributed by atoms with Gasteiger partial charge < -0.3 is 19.7 Å². The van der Waals surface area contributed by atoms with Gasteiger partial charge in [0.1, 0.15) is 23.2 Å². The molecule has 0 saturated heterocycles. The summed E-state index contributed by atoms with van der Waals surface area (Å²) in [6, 6.07) is 13.6. The minimum Gasteiger partial charge on any atom is -0.497 e. The molecule has 1 atom stereocenters. The summed E-state index contributed by atoms with van der Waals surface area (Å²) in [7, 11) is 3.14. The van der Waals surface area contributed by atoms with Crippen molar-refractivity contribution >= 4 is 23.2 Å². The largest absolute Gasteiger partial charge is 0.497 e. The number of nitrogens with one attached hydrogen (secondary N) is 1. The predicted octanol–water partition coefficient (Wildman–Crippen LogP) is 4.99. The van der Waals surface area contributed by atoms with Crippen molar-refractivity contribution in [1.29, 1.82) is 0 Å². The molecule has 8 heteroatoms. The van der Waals surface area contributed by atoms with Crippen LogP contribution >= 0.6 is 11.3 Å². The Kier molecular flexibility index (Phi) is 8.36. The van der Waals surface area contributed by atoms with Crippen LogP contribution in [0.2, 0.25) is 0 Å². The van der Waals surface area contributed by atoms with E-state index in [1.165, 1.54) is 17.8 Å². The minimum absolute atomic E-state index is 0.0869. The van der Waals surface area contributed by atoms with E-state index in [1.807, 2.05) is 17.5 Å². The second-order valence-electron chi connectivity index (χ2n) is 8.58. The second-order valence-corrected chi connectivity index (χ2v) is 9.61. The van der Waals surface area contributed by atoms with Gasteiger partial charge in [-0.2, -0.15) is 0 Å². The molecule has 2 aromatic heterocycles. The monoisotopic (exact) mass is 493 g/mol. The molecule has 2 heterocycles. The summed E-state index contributed by atoms with van der Waals surface area (Å²) in [5, 5.41) is 5.19. The molecule has 1 saturated carbocycles. The summed E-state index contributed by atoms with van der Waals surface area (Å²) in [5.74, 6) is 0.536. The lowest BCUT2D eigenvalue weighted by Crippen LogP contribution is -2.47. The molecule has 7 nitrogen and oxygen atoms in total. The highest BCUT2D eigenvalue weighted by Gasteiger charge is 2.36. The van der Waals surface area contributed by atoms with Crippen molar-refractivity contribution in [2.45, 2.75) is 50.7 Å². The van der Waals surface area contributed by atoms with E-state index in [1.54, 1.807) is 61.7 Å². The summed E-state index contributed by atoms with van der Waals surface area (Å²) in [5.41, 5.74) is 0.849. The number of amides is 2. The zero-order valence-electron chi connectivity index (χ0n) is 20.1. The molecule has 3 aromatic rings. The van der Waals surface area contributed by atoms with Gasteiger partial charge in [0.2, 0.25) is 5.91 Å². The Labute approximate surface area is 210 Å². The Hall–Kier alpha value is -3.39. The number of benzene rings is 1. The van der Waals surface area contributed by atoms with Gasteiger partial charge in [0, 0.05) is 22.7 Å². The van der Waals surface area contributed by atoms with Crippen LogP contribution in [0.1, 0.15) is 59.1 Å². The van der Waals surface area contributed by atoms with Gasteiger partial charge in [0.15, 0.2) is 0 Å². The average molecular weight is 494 g/mol. The van der Waals surface area contributed by atoms with Crippen molar-refractivity contribution in [3.05, 3.63) is 76.2 Å². The first-order chi connectivity index (χ1) is 17.1. The number of hydrogen-bond donors (Lipinski definition) is 1. The number of methoxy groups -OCH3 is 2. The standard InChI is InChI=1S/C27H31N3O4S/c1-33-20-13-14-24(34-2)22(17-20)25(26(31)29-19-9-4-3-5-10-19)30(18-21-11-8-16-35-21)27(32)23-12-6-7-15-28-23/h6-8,11-17,19,25H,3-5,9-10,18H2,1-2H3,(H,29,31). The van der Waals surface area contributed by atoms with E-state index in [9.17, 15) is 9.59 Å². The number of rotatable bonds is 9. The third-order valence-corrected chi connectivity index (χ3v) is 7.16. The summed E-state index contributed by atoms with van der Waals surface area (Å²) in [4.78, 5) is 34.7. The van der Waals surface area contributed by atoms with Crippen LogP contribution in [-0.4, -0.2) is 42.0 Å². The zero-order chi connectivity index (χ0) is 24.6. The fourth-order valence-corrected chi connectivity index (χ4v) is 5.22. The van der Waals surface area contributed by atoms with Crippen LogP contribution in [0.15, 0.2) is 60.1 Å². The maximum Gasteiger partial charge on any atom is 0.273 e. The topological polar surface area (TPSA) is 80.8 Å². The quantitative estimate of drug-likeness (QED) is 0.454. The van der Waals surface area contributed by atoms with Crippen LogP contribution < -0.4 is 14.8 Å². The maximum atomic E-state index is 14.0. The summed E-state index contributed by atoms with van der Waals surface area (Å²) < 4.78 is 11.1. The van der Waals surface area contributed by atoms with Crippen molar-refractivity contribution in [2.75, 3.05) is 14.2 Å². The molecule has 1 N–H and O–H groups in total. The maximum absolute atomic E-state index is 14.0. The lowest BCUT2D eigenvalue weighted by atomic mass is 9.94. The van der Waals surface area contributed by atoms with Gasteiger partial charge in [-0.15, -0.1) is 11.3 Å². The molecular formula is C27H31N3O4S. The Morgan fingerprint density at radius 2 is 1.91 bits per heavy atom. The van der Waals surface area contributed by atoms with Gasteiger partial charge in [-0.3, -0.25) is 14.6 Å². The van der Waals surface area contributed by atoms with Crippen LogP contribution in [0.3, 0.4) is 0 Å². The number of hydrogen-bond acceptors (Lipinski definition) is 6. The fourth-order valence-electron chi connectivity index (χ4n) is 4.52. The molecule has 1 unspecified atom stereocenters. The van der Waals surface area contributed by atoms with Gasteiger partial charge in [0.25, 0.3) is 5.91 Å². The second kappa shape index (κ2) is 11.8. The van der Waals surface area contributed by atoms with Crippen LogP contribution in [0.25, 0.3) is 0 Å². The molecule has 0 aliphatic heterocycles. The molecule has 184 valence electrons. The van der Waals surface area contributed by atoms with Gasteiger partial charge >= 0.3 is 0 Å². The third-order valence-electron chi connectivity index (χ3n) is 6.29. The number of carbonyl (C=O) groups is 2. The molecule has 1 fully saturated rings. The average Bonchev–Trinajstić information content (AvgIpc) is 3.42. The normalized spacial score (nSPS) is 14.7. The number of carbonyl (C=O) groups excluding carboxylic acids is 2. The van der Waals surface area contributed by atoms with E-state index in [2.05, 4.69) is 10.3 Å². The first-order valence-corrected chi connectivity index (χ1v) is 12.8. The van der Waals surface area contributed by atoms with E-state index >= 15 is 0 Å². The van der Waals surface area contributed by atoms with E-state index in [4.69, 9.17) is 9.47 Å². The predicted molar refractivity (Wildman–Crippen MR) is 136 cm³/mol. The van der Waals surface area contributed by atoms with E-state index in [-0.39, 0.29) is 30.1 Å². The zero-order valence-corrected chi connectivity index (χ0v) is 20.9. The highest BCUT2D eigenvalue weighted by atomic mass is 32.1. The number of aromatic nitrogens is 1. The van der Waals surface area contributed by atoms with Crippen LogP contribution in [-0.2, 0) is 11.3 Å². The Bertz CT molecular complexity index is 1110. The molecule has 2 amide bonds. The summed E-state index contributed by atoms with van der Waals surface area (Å²) >= 11 is 1.54. The Morgan fingerprint density at radius 1 is 1.09 bits per heavy atom. The van der Waals surface area contributed by atoms with Gasteiger partial charge in [0.05, 0.1) is 20.8 Å². The molecule has 4 rings (SSSR count). The van der Waals surface area contributed by atoms with Crippen molar-refractivity contribution in [3.8, 4) is 11.5 Å². The highest BCUT2D eigenvalue weighted by molar-refractivity contribution is 7.09. The number of thiophene rings is 1. The van der Waals surface area contributed by atoms with Gasteiger partial charge in [-0.1, -0.05) is 31.4 Å². The van der Waals surface area contributed by atoms with Crippen molar-refractivity contribution in [2.24, 2.45) is 0 Å². The molecule has 0 bridgehead atoms. The first kappa shape index (κ1) is 24.7. The lowest BCUT2D eigenvalue weighted by Gasteiger charge is -2.33. The van der Waals surface area contributed by atoms with Crippen molar-refractivity contribution < 1.29 is 19.1 Å². The minimum atomic E-state index is -0.932. The number of pyridine rings is 1. The van der Waals surface area contributed by atoms with Crippen molar-refractivity contribution in [1.82, 2.24) is 15.2 Å². The Balaban J connectivity index is 1.80. The van der Waals surface area contributed by atoms with Crippen molar-refractivity contribution in [3.63, 3.8) is 0 Å². The number of ether oxygens (including phenoxy) is 2. The molecule has 1 aliphatic rings. The third kappa shape index (κ3) is 6.00. The fraction of sp³-hybridized carbons (Fsp3) is 0.370. The molecule has 1 aromatic carbocycles. The van der Waals surface area contributed by atoms with Crippen LogP contribution in [0, 0.1) is 0 Å². The molecule has 0 spiro atoms. The van der Waals surface area contributed by atoms with Crippen LogP contribution in [0.5, 0.6) is 11.5 Å². The lowest BCUT2D eigenvalue weighted by molar-refractivity contribution is -0.127. The first-order valence-electron chi connectivity index (χ1n) is 11.9. The SMILES string of the molecule is COc1ccc(OC)c(C(C(=O)NC2CCCCC2)N(Cc2cccs2)C(=O)c2ccccn2)c1. The summed E-state index contributed by atoms with van der Waals surface area (Å²) in [6.07, 6.45) is 6.81. The molecular weight excluding hydrogens is 462 g/mol. The number of nitrogens with zero attached hydrogens (tertiary/aromatic N) is 2. The Morgan fingerprint density at radius 3 is 2.57 bits per heavy atom. The smallest absolute Gasteiger partial charge is 0.273 e. The summed E-state index contributed by atoms with van der Waals surface area (Å²) in [6.45, 7) is 0.260. The van der Waals surface area contributed by atoms with E-state index in [0.29, 0.717) is 17.1 Å². The molecule has 35 heavy (non-hydrogen) atoms. The van der Waals surface area contributed by atoms with Gasteiger partial charge in [-0.25, -0.2) is 0 Å².